The predicted octanol–water partition coefficient (Wildman–Crippen LogP) is 14.5. The highest BCUT2D eigenvalue weighted by Gasteiger charge is 2.48. The maximum absolute atomic E-state index is 16.4. The first kappa shape index (κ1) is 95.4. The Hall–Kier alpha value is -14.8. The van der Waals surface area contributed by atoms with Crippen LogP contribution in [-0.4, -0.2) is 225 Å². The lowest BCUT2D eigenvalue weighted by Crippen LogP contribution is -2.65. The number of hydrogen-bond donors (Lipinski definition) is 4. The van der Waals surface area contributed by atoms with Crippen LogP contribution < -0.4 is 46.5 Å². The van der Waals surface area contributed by atoms with Gasteiger partial charge >= 0.3 is 0 Å². The molecule has 12 aromatic rings. The fourth-order valence-corrected chi connectivity index (χ4v) is 20.4. The lowest BCUT2D eigenvalue weighted by atomic mass is 9.97. The second-order valence-corrected chi connectivity index (χ2v) is 37.0. The van der Waals surface area contributed by atoms with Gasteiger partial charge in [-0.05, 0) is 194 Å². The van der Waals surface area contributed by atoms with Crippen LogP contribution in [0, 0.1) is 55.7 Å². The SMILES string of the molecule is C=CC(=O)N1CC(C)N2c3c(c(=O)n(-c4c(C)ccnc4C(C)C)c4nc(-c5c(O)cccc5F)c(F)cc34)N(C)CC2C1.C=CC(=O)N1CC(C)N2c3c(c(=O)n(-c4c(C)ccnc4C(C)C)c4nc(-c5c(O)cccc5F)c(F)cc34)N(CCCN(C)C)CC2C1.C=CC(=O)N1CC(C)N2c3c(c(=O)n(-c4c(C)ccnc4C(C)C)c4nc(-c5c(O)cccc5F)c(F)cc34)NC(=O)C2C1. The summed E-state index contributed by atoms with van der Waals surface area (Å²) in [5, 5.41) is 35.4. The predicted molar refractivity (Wildman–Crippen MR) is 518 cm³/mol. The van der Waals surface area contributed by atoms with E-state index < -0.39 is 109 Å². The molecule has 0 bridgehead atoms. The maximum atomic E-state index is 16.4. The number of carbonyl (C=O) groups excluding carboxylic acids is 4. The highest BCUT2D eigenvalue weighted by atomic mass is 19.1. The van der Waals surface area contributed by atoms with Gasteiger partial charge in [0.15, 0.2) is 34.4 Å². The van der Waals surface area contributed by atoms with E-state index in [1.807, 2.05) is 101 Å². The van der Waals surface area contributed by atoms with Gasteiger partial charge in [0, 0.05) is 112 Å². The third kappa shape index (κ3) is 16.7. The fraction of sp³-hybridized carbons (Fsp3) is 0.343. The van der Waals surface area contributed by atoms with E-state index in [2.05, 4.69) is 69.6 Å². The number of halogens is 6. The topological polar surface area (TPSA) is 314 Å². The minimum absolute atomic E-state index is 0.0152. The molecule has 18 rings (SSSR count). The molecule has 4 amide bonds. The van der Waals surface area contributed by atoms with Crippen molar-refractivity contribution in [1.82, 2.24) is 63.2 Å². The average molecular weight is 1870 g/mol. The van der Waals surface area contributed by atoms with Crippen molar-refractivity contribution >= 4 is 90.9 Å². The number of phenolic OH excluding ortho intramolecular Hbond substituents is 3. The highest BCUT2D eigenvalue weighted by Crippen LogP contribution is 2.50. The number of amides is 4. The number of likely N-dealkylation sites (N-methyl/N-ethyl adjacent to an activating group) is 1. The summed E-state index contributed by atoms with van der Waals surface area (Å²) in [6, 6.07) is 17.8. The second-order valence-electron chi connectivity index (χ2n) is 37.0. The fourth-order valence-electron chi connectivity index (χ4n) is 20.4. The Morgan fingerprint density at radius 3 is 1.18 bits per heavy atom. The molecule has 3 aromatic carbocycles. The first-order valence-corrected chi connectivity index (χ1v) is 45.4. The van der Waals surface area contributed by atoms with Crippen molar-refractivity contribution in [3.05, 3.63) is 247 Å². The van der Waals surface area contributed by atoms with Gasteiger partial charge in [-0.25, -0.2) is 41.3 Å². The third-order valence-corrected chi connectivity index (χ3v) is 26.3. The molecule has 6 aliphatic heterocycles. The zero-order valence-corrected chi connectivity index (χ0v) is 78.7. The highest BCUT2D eigenvalue weighted by molar-refractivity contribution is 6.12. The van der Waals surface area contributed by atoms with E-state index in [0.717, 1.165) is 48.4 Å². The summed E-state index contributed by atoms with van der Waals surface area (Å²) in [4.78, 5) is 141. The van der Waals surface area contributed by atoms with Gasteiger partial charge in [0.1, 0.15) is 74.9 Å². The van der Waals surface area contributed by atoms with Gasteiger partial charge in [0.25, 0.3) is 16.7 Å². The number of aromatic hydroxyl groups is 3. The van der Waals surface area contributed by atoms with Crippen molar-refractivity contribution in [2.24, 2.45) is 0 Å². The van der Waals surface area contributed by atoms with Crippen LogP contribution in [0.25, 0.3) is 83.9 Å². The molecule has 6 atom stereocenters. The molecule has 3 saturated heterocycles. The molecule has 0 aliphatic carbocycles. The largest absolute Gasteiger partial charge is 0.507 e. The smallest absolute Gasteiger partial charge is 0.282 e. The molecule has 35 heteroatoms. The molecule has 15 heterocycles. The second kappa shape index (κ2) is 37.5. The monoisotopic (exact) mass is 1870 g/mol. The number of aryl methyl sites for hydroxylation is 3. The van der Waals surface area contributed by atoms with E-state index in [0.29, 0.717) is 119 Å². The molecule has 137 heavy (non-hydrogen) atoms. The molecule has 6 aliphatic rings. The van der Waals surface area contributed by atoms with Crippen molar-refractivity contribution in [3.8, 4) is 68.1 Å². The first-order valence-electron chi connectivity index (χ1n) is 45.4. The number of nitrogens with zero attached hydrogens (tertiary/aromatic N) is 18. The normalized spacial score (nSPS) is 17.8. The van der Waals surface area contributed by atoms with Crippen molar-refractivity contribution < 1.29 is 60.8 Å². The number of phenols is 3. The van der Waals surface area contributed by atoms with Crippen molar-refractivity contribution in [2.45, 2.75) is 144 Å². The lowest BCUT2D eigenvalue weighted by molar-refractivity contribution is -0.129. The van der Waals surface area contributed by atoms with E-state index in [4.69, 9.17) is 4.98 Å². The number of anilines is 6. The number of aromatic nitrogens is 9. The number of hydrogen-bond acceptors (Lipinski definition) is 22. The molecule has 0 saturated carbocycles. The van der Waals surface area contributed by atoms with Gasteiger partial charge in [0.05, 0.1) is 86.5 Å². The van der Waals surface area contributed by atoms with E-state index in [1.165, 1.54) is 85.4 Å². The van der Waals surface area contributed by atoms with E-state index in [9.17, 15) is 44.1 Å². The number of benzene rings is 3. The molecule has 0 radical (unpaired) electrons. The van der Waals surface area contributed by atoms with Crippen molar-refractivity contribution in [3.63, 3.8) is 0 Å². The summed E-state index contributed by atoms with van der Waals surface area (Å²) in [6.07, 6.45) is 9.52. The van der Waals surface area contributed by atoms with Crippen LogP contribution in [0.3, 0.4) is 0 Å². The molecular weight excluding hydrogens is 1770 g/mol. The van der Waals surface area contributed by atoms with Crippen LogP contribution in [0.5, 0.6) is 17.2 Å². The molecule has 9 aromatic heterocycles. The lowest BCUT2D eigenvalue weighted by Gasteiger charge is -2.52. The molecule has 6 unspecified atom stereocenters. The standard InChI is InChI=1S/C37H43F2N7O3.C33H34F2N6O3.C32H30F2N6O4/c1-8-29(48)44-18-23(5)45-24(20-44)19-43(16-10-15-42(6)7)35-34(45)25-17-27(39)32(30-26(38)11-9-12-28(30)47)41-36(25)46(37(35)49)33-22(4)13-14-40-31(33)21(2)3;1-7-25(43)39-14-19(5)40-20(16-39)15-38(6)31-30(40)21-13-23(35)28(26-22(34)9-8-10-24(26)42)37-32(21)41(33(31)44)29-18(4)11-12-36-27(29)17(2)3;1-6-23(42)38-13-17(5)39-21(14-38)31(43)37-27-29(39)18-12-20(34)26(24-19(33)8-7-9-22(24)41)36-30(18)40(32(27)44)28-16(4)10-11-35-25(28)15(2)3/h8-9,11-14,17,21,23-24,47H,1,10,15-16,18-20H2,2-7H3;7-13,17,19-20,42H,1,14-16H2,2-6H3;6-12,15,17,21,41H,1,13-14H2,2-5H3,(H,37,43). The van der Waals surface area contributed by atoms with Crippen LogP contribution >= 0.6 is 0 Å². The van der Waals surface area contributed by atoms with Crippen molar-refractivity contribution in [2.75, 3.05) is 116 Å². The number of nitrogens with one attached hydrogen (secondary N) is 1. The summed E-state index contributed by atoms with van der Waals surface area (Å²) in [6.45, 7) is 37.9. The number of fused-ring (bicyclic) bond motifs is 15. The number of pyridine rings is 9. The van der Waals surface area contributed by atoms with E-state index in [1.54, 1.807) is 59.3 Å². The zero-order valence-electron chi connectivity index (χ0n) is 78.7. The van der Waals surface area contributed by atoms with Crippen LogP contribution in [0.2, 0.25) is 0 Å². The Morgan fingerprint density at radius 2 is 0.803 bits per heavy atom. The Morgan fingerprint density at radius 1 is 0.453 bits per heavy atom. The first-order chi connectivity index (χ1) is 65.2. The van der Waals surface area contributed by atoms with Gasteiger partial charge in [-0.1, -0.05) is 79.5 Å². The summed E-state index contributed by atoms with van der Waals surface area (Å²) in [5.74, 6) is -8.19. The van der Waals surface area contributed by atoms with Gasteiger partial charge in [-0.15, -0.1) is 0 Å². The van der Waals surface area contributed by atoms with Gasteiger partial charge < -0.3 is 64.7 Å². The van der Waals surface area contributed by atoms with E-state index in [-0.39, 0.29) is 118 Å². The average Bonchev–Trinajstić information content (AvgIpc) is 0.715. The van der Waals surface area contributed by atoms with Gasteiger partial charge in [-0.3, -0.25) is 62.2 Å². The molecule has 3 fully saturated rings. The molecule has 4 N–H and O–H groups in total. The summed E-state index contributed by atoms with van der Waals surface area (Å²) >= 11 is 0. The Labute approximate surface area is 786 Å². The summed E-state index contributed by atoms with van der Waals surface area (Å²) in [5.41, 5.74) is 3.76. The molecule has 0 spiro atoms. The molecule has 29 nitrogen and oxygen atoms in total. The minimum Gasteiger partial charge on any atom is -0.507 e. The zero-order chi connectivity index (χ0) is 98.5. The van der Waals surface area contributed by atoms with Crippen LogP contribution in [0.15, 0.2) is 162 Å². The number of carbonyl (C=O) groups is 4. The third-order valence-electron chi connectivity index (χ3n) is 26.3. The Balaban J connectivity index is 0.000000149. The van der Waals surface area contributed by atoms with Gasteiger partial charge in [0.2, 0.25) is 23.6 Å². The van der Waals surface area contributed by atoms with Crippen LogP contribution in [0.4, 0.5) is 60.5 Å². The summed E-state index contributed by atoms with van der Waals surface area (Å²) < 4.78 is 98.2. The Bertz CT molecular complexity index is 7140. The quantitative estimate of drug-likeness (QED) is 0.0516. The molecule has 712 valence electrons. The minimum atomic E-state index is -0.945. The van der Waals surface area contributed by atoms with Gasteiger partial charge in [-0.2, -0.15) is 0 Å². The summed E-state index contributed by atoms with van der Waals surface area (Å²) in [7, 11) is 5.79. The molecular formula is C102H107F6N19O10. The van der Waals surface area contributed by atoms with E-state index >= 15 is 31.1 Å². The number of rotatable bonds is 16. The van der Waals surface area contributed by atoms with Crippen molar-refractivity contribution in [1.29, 1.82) is 0 Å². The van der Waals surface area contributed by atoms with Crippen LogP contribution in [-0.2, 0) is 19.2 Å². The number of piperazine rings is 3. The maximum Gasteiger partial charge on any atom is 0.282 e. The Kier molecular flexibility index (Phi) is 26.1. The van der Waals surface area contributed by atoms with Crippen LogP contribution in [0.1, 0.15) is 120 Å².